The predicted octanol–water partition coefficient (Wildman–Crippen LogP) is 3.13. The molecule has 1 aliphatic carbocycles. The third kappa shape index (κ3) is 5.69. The van der Waals surface area contributed by atoms with Gasteiger partial charge in [0.1, 0.15) is 11.8 Å². The third-order valence-corrected chi connectivity index (χ3v) is 5.45. The van der Waals surface area contributed by atoms with E-state index >= 15 is 0 Å². The number of ether oxygens (including phenoxy) is 1. The van der Waals surface area contributed by atoms with Crippen molar-refractivity contribution in [1.29, 1.82) is 0 Å². The fourth-order valence-electron chi connectivity index (χ4n) is 3.75. The number of carbonyl (C=O) groups is 3. The van der Waals surface area contributed by atoms with E-state index in [1.54, 1.807) is 12.1 Å². The molecule has 0 heterocycles. The van der Waals surface area contributed by atoms with Crippen molar-refractivity contribution in [3.63, 3.8) is 0 Å². The average molecular weight is 409 g/mol. The average Bonchev–Trinajstić information content (AvgIpc) is 2.77. The molecule has 2 N–H and O–H groups in total. The van der Waals surface area contributed by atoms with E-state index < -0.39 is 12.0 Å². The van der Waals surface area contributed by atoms with Crippen molar-refractivity contribution in [2.45, 2.75) is 51.0 Å². The van der Waals surface area contributed by atoms with E-state index in [-0.39, 0.29) is 36.7 Å². The minimum absolute atomic E-state index is 0.00100. The van der Waals surface area contributed by atoms with Gasteiger partial charge in [-0.2, -0.15) is 0 Å². The Morgan fingerprint density at radius 3 is 2.40 bits per heavy atom. The van der Waals surface area contributed by atoms with Crippen LogP contribution in [0.4, 0.5) is 0 Å². The number of phenolic OH excluding ortho intramolecular Hbond substituents is 1. The van der Waals surface area contributed by atoms with E-state index in [1.165, 1.54) is 36.8 Å². The highest BCUT2D eigenvalue weighted by Gasteiger charge is 2.22. The highest BCUT2D eigenvalue weighted by Crippen LogP contribution is 2.23. The standard InChI is InChI=1S/C24H27NO5/c1-30-24(29)21(14-16-6-10-20(26)11-7-16)25-23(28)13-12-22(27)19-9-8-17-4-2-3-5-18(17)15-19/h6-11,15,21,26H,2-5,12-14H2,1H3,(H,25,28). The SMILES string of the molecule is COC(=O)C(Cc1ccc(O)cc1)NC(=O)CCC(=O)c1ccc2c(c1)CCCC2. The van der Waals surface area contributed by atoms with Crippen molar-refractivity contribution in [1.82, 2.24) is 5.32 Å². The van der Waals surface area contributed by atoms with E-state index in [0.29, 0.717) is 5.56 Å². The number of carbonyl (C=O) groups excluding carboxylic acids is 3. The molecular weight excluding hydrogens is 382 g/mol. The first-order valence-electron chi connectivity index (χ1n) is 10.3. The molecule has 6 nitrogen and oxygen atoms in total. The number of nitrogens with one attached hydrogen (secondary N) is 1. The zero-order valence-corrected chi connectivity index (χ0v) is 17.1. The molecule has 0 fully saturated rings. The molecule has 6 heteroatoms. The normalized spacial score (nSPS) is 13.8. The summed E-state index contributed by atoms with van der Waals surface area (Å²) in [6.07, 6.45) is 4.69. The molecule has 2 aromatic carbocycles. The number of benzene rings is 2. The van der Waals surface area contributed by atoms with Gasteiger partial charge in [-0.1, -0.05) is 24.3 Å². The van der Waals surface area contributed by atoms with Gasteiger partial charge < -0.3 is 15.2 Å². The van der Waals surface area contributed by atoms with Gasteiger partial charge in [0.15, 0.2) is 5.78 Å². The Kier molecular flexibility index (Phi) is 7.22. The first-order chi connectivity index (χ1) is 14.5. The molecule has 30 heavy (non-hydrogen) atoms. The van der Waals surface area contributed by atoms with Gasteiger partial charge in [-0.05, 0) is 60.6 Å². The second-order valence-corrected chi connectivity index (χ2v) is 7.63. The number of aryl methyl sites for hydroxylation is 2. The van der Waals surface area contributed by atoms with Gasteiger partial charge in [-0.3, -0.25) is 9.59 Å². The summed E-state index contributed by atoms with van der Waals surface area (Å²) < 4.78 is 4.79. The third-order valence-electron chi connectivity index (χ3n) is 5.45. The number of Topliss-reactive ketones (excluding diaryl/α,β-unsaturated/α-hetero) is 1. The first kappa shape index (κ1) is 21.6. The van der Waals surface area contributed by atoms with Crippen molar-refractivity contribution in [2.75, 3.05) is 7.11 Å². The Labute approximate surface area is 176 Å². The summed E-state index contributed by atoms with van der Waals surface area (Å²) in [5, 5.41) is 12.0. The highest BCUT2D eigenvalue weighted by molar-refractivity contribution is 5.98. The zero-order chi connectivity index (χ0) is 21.5. The Morgan fingerprint density at radius 2 is 1.70 bits per heavy atom. The second-order valence-electron chi connectivity index (χ2n) is 7.63. The monoisotopic (exact) mass is 409 g/mol. The van der Waals surface area contributed by atoms with Gasteiger partial charge in [0.05, 0.1) is 7.11 Å². The molecule has 1 aliphatic rings. The van der Waals surface area contributed by atoms with Crippen LogP contribution in [0.2, 0.25) is 0 Å². The molecule has 3 rings (SSSR count). The van der Waals surface area contributed by atoms with Crippen molar-refractivity contribution in [3.8, 4) is 5.75 Å². The van der Waals surface area contributed by atoms with Gasteiger partial charge in [0.25, 0.3) is 0 Å². The van der Waals surface area contributed by atoms with Crippen molar-refractivity contribution in [3.05, 3.63) is 64.7 Å². The van der Waals surface area contributed by atoms with Crippen molar-refractivity contribution in [2.24, 2.45) is 0 Å². The molecule has 1 amide bonds. The minimum Gasteiger partial charge on any atom is -0.508 e. The van der Waals surface area contributed by atoms with Gasteiger partial charge >= 0.3 is 5.97 Å². The topological polar surface area (TPSA) is 92.7 Å². The Hall–Kier alpha value is -3.15. The molecule has 0 saturated carbocycles. The van der Waals surface area contributed by atoms with Gasteiger partial charge in [0, 0.05) is 24.8 Å². The van der Waals surface area contributed by atoms with E-state index in [0.717, 1.165) is 24.8 Å². The largest absolute Gasteiger partial charge is 0.508 e. The summed E-state index contributed by atoms with van der Waals surface area (Å²) in [5.41, 5.74) is 3.95. The molecule has 0 aromatic heterocycles. The lowest BCUT2D eigenvalue weighted by molar-refractivity contribution is -0.145. The fraction of sp³-hybridized carbons (Fsp3) is 0.375. The summed E-state index contributed by atoms with van der Waals surface area (Å²) in [7, 11) is 1.26. The summed E-state index contributed by atoms with van der Waals surface area (Å²) in [4.78, 5) is 37.0. The lowest BCUT2D eigenvalue weighted by Crippen LogP contribution is -2.43. The molecule has 158 valence electrons. The number of hydrogen-bond acceptors (Lipinski definition) is 5. The predicted molar refractivity (Wildman–Crippen MR) is 112 cm³/mol. The number of aromatic hydroxyl groups is 1. The lowest BCUT2D eigenvalue weighted by Gasteiger charge is -2.17. The van der Waals surface area contributed by atoms with E-state index in [1.807, 2.05) is 18.2 Å². The molecule has 0 radical (unpaired) electrons. The maximum absolute atomic E-state index is 12.5. The molecule has 0 bridgehead atoms. The summed E-state index contributed by atoms with van der Waals surface area (Å²) in [5.74, 6) is -0.891. The Morgan fingerprint density at radius 1 is 1.00 bits per heavy atom. The number of fused-ring (bicyclic) bond motifs is 1. The van der Waals surface area contributed by atoms with Crippen LogP contribution in [0.5, 0.6) is 5.75 Å². The lowest BCUT2D eigenvalue weighted by atomic mass is 9.89. The summed E-state index contributed by atoms with van der Waals surface area (Å²) in [6, 6.07) is 11.3. The number of hydrogen-bond donors (Lipinski definition) is 2. The summed E-state index contributed by atoms with van der Waals surface area (Å²) in [6.45, 7) is 0. The quantitative estimate of drug-likeness (QED) is 0.516. The van der Waals surface area contributed by atoms with Gasteiger partial charge in [-0.15, -0.1) is 0 Å². The van der Waals surface area contributed by atoms with E-state index in [2.05, 4.69) is 5.32 Å². The zero-order valence-electron chi connectivity index (χ0n) is 17.1. The van der Waals surface area contributed by atoms with E-state index in [9.17, 15) is 19.5 Å². The van der Waals surface area contributed by atoms with Crippen LogP contribution in [0.25, 0.3) is 0 Å². The molecule has 1 atom stereocenters. The minimum atomic E-state index is -0.856. The molecular formula is C24H27NO5. The molecule has 1 unspecified atom stereocenters. The maximum atomic E-state index is 12.5. The van der Waals surface area contributed by atoms with Crippen LogP contribution in [-0.2, 0) is 33.6 Å². The number of ketones is 1. The van der Waals surface area contributed by atoms with Crippen LogP contribution >= 0.6 is 0 Å². The Balaban J connectivity index is 1.56. The number of esters is 1. The van der Waals surface area contributed by atoms with Crippen molar-refractivity contribution >= 4 is 17.7 Å². The number of methoxy groups -OCH3 is 1. The fourth-order valence-corrected chi connectivity index (χ4v) is 3.75. The molecule has 0 aliphatic heterocycles. The number of amides is 1. The highest BCUT2D eigenvalue weighted by atomic mass is 16.5. The van der Waals surface area contributed by atoms with Crippen LogP contribution in [0.15, 0.2) is 42.5 Å². The first-order valence-corrected chi connectivity index (χ1v) is 10.3. The van der Waals surface area contributed by atoms with Crippen LogP contribution < -0.4 is 5.32 Å². The van der Waals surface area contributed by atoms with Crippen molar-refractivity contribution < 1.29 is 24.2 Å². The van der Waals surface area contributed by atoms with Gasteiger partial charge in [-0.25, -0.2) is 4.79 Å². The second kappa shape index (κ2) is 10.1. The van der Waals surface area contributed by atoms with Crippen LogP contribution in [-0.4, -0.2) is 35.9 Å². The summed E-state index contributed by atoms with van der Waals surface area (Å²) >= 11 is 0. The van der Waals surface area contributed by atoms with Crippen LogP contribution in [0.3, 0.4) is 0 Å². The number of rotatable bonds is 8. The van der Waals surface area contributed by atoms with E-state index in [4.69, 9.17) is 4.74 Å². The smallest absolute Gasteiger partial charge is 0.328 e. The van der Waals surface area contributed by atoms with Crippen LogP contribution in [0.1, 0.15) is 52.7 Å². The molecule has 2 aromatic rings. The molecule has 0 spiro atoms. The molecule has 0 saturated heterocycles. The van der Waals surface area contributed by atoms with Crippen LogP contribution in [0, 0.1) is 0 Å². The van der Waals surface area contributed by atoms with Gasteiger partial charge in [0.2, 0.25) is 5.91 Å². The Bertz CT molecular complexity index is 920. The number of phenols is 1. The maximum Gasteiger partial charge on any atom is 0.328 e.